The summed E-state index contributed by atoms with van der Waals surface area (Å²) in [4.78, 5) is 26.3. The normalized spacial score (nSPS) is 35.2. The first-order valence-corrected chi connectivity index (χ1v) is 7.43. The van der Waals surface area contributed by atoms with Gasteiger partial charge in [0.05, 0.1) is 13.0 Å². The molecule has 0 aromatic heterocycles. The second-order valence-corrected chi connectivity index (χ2v) is 6.08. The lowest BCUT2D eigenvalue weighted by Crippen LogP contribution is -2.59. The highest BCUT2D eigenvalue weighted by atomic mass is 16.5. The van der Waals surface area contributed by atoms with Gasteiger partial charge in [-0.05, 0) is 39.2 Å². The third-order valence-corrected chi connectivity index (χ3v) is 4.89. The number of carbonyl (C=O) groups is 2. The van der Waals surface area contributed by atoms with E-state index in [4.69, 9.17) is 4.74 Å². The molecule has 19 heavy (non-hydrogen) atoms. The quantitative estimate of drug-likeness (QED) is 0.731. The van der Waals surface area contributed by atoms with Gasteiger partial charge < -0.3 is 4.74 Å². The van der Waals surface area contributed by atoms with E-state index in [9.17, 15) is 9.59 Å². The molecule has 1 heterocycles. The standard InChI is InChI=1S/C15H25NO3/c1-4-16-10-11(8-14(18)19-5-2)12-9-15(16,3)7-6-13(12)17/h11-12H,4-10H2,1-3H3/t11-,12?,15?/m1/s1. The lowest BCUT2D eigenvalue weighted by atomic mass is 9.66. The molecule has 1 saturated heterocycles. The molecule has 4 nitrogen and oxygen atoms in total. The highest BCUT2D eigenvalue weighted by molar-refractivity contribution is 5.83. The maximum Gasteiger partial charge on any atom is 0.306 e. The Morgan fingerprint density at radius 1 is 1.47 bits per heavy atom. The molecule has 1 aliphatic carbocycles. The number of esters is 1. The third kappa shape index (κ3) is 2.83. The van der Waals surface area contributed by atoms with Crippen LogP contribution in [0, 0.1) is 11.8 Å². The predicted octanol–water partition coefficient (Wildman–Crippen LogP) is 2.02. The van der Waals surface area contributed by atoms with Crippen LogP contribution in [-0.2, 0) is 14.3 Å². The van der Waals surface area contributed by atoms with Crippen LogP contribution >= 0.6 is 0 Å². The minimum Gasteiger partial charge on any atom is -0.466 e. The number of nitrogens with zero attached hydrogens (tertiary/aromatic N) is 1. The first-order chi connectivity index (χ1) is 9.00. The van der Waals surface area contributed by atoms with E-state index >= 15 is 0 Å². The number of rotatable bonds is 4. The van der Waals surface area contributed by atoms with Crippen molar-refractivity contribution in [2.45, 2.75) is 52.0 Å². The lowest BCUT2D eigenvalue weighted by molar-refractivity contribution is -0.149. The zero-order chi connectivity index (χ0) is 14.0. The van der Waals surface area contributed by atoms with Crippen LogP contribution in [0.3, 0.4) is 0 Å². The van der Waals surface area contributed by atoms with Gasteiger partial charge in [0, 0.05) is 24.4 Å². The molecule has 2 aliphatic rings. The zero-order valence-corrected chi connectivity index (χ0v) is 12.3. The van der Waals surface area contributed by atoms with Gasteiger partial charge in [0.15, 0.2) is 0 Å². The number of carbonyl (C=O) groups excluding carboxylic acids is 2. The van der Waals surface area contributed by atoms with E-state index in [2.05, 4.69) is 18.7 Å². The molecule has 2 rings (SSSR count). The fourth-order valence-corrected chi connectivity index (χ4v) is 3.77. The van der Waals surface area contributed by atoms with Crippen LogP contribution in [0.4, 0.5) is 0 Å². The Balaban J connectivity index is 2.11. The molecule has 0 spiro atoms. The van der Waals surface area contributed by atoms with Gasteiger partial charge in [-0.1, -0.05) is 6.92 Å². The molecule has 108 valence electrons. The maximum atomic E-state index is 12.1. The van der Waals surface area contributed by atoms with Gasteiger partial charge in [-0.25, -0.2) is 0 Å². The molecule has 0 N–H and O–H groups in total. The van der Waals surface area contributed by atoms with Crippen molar-refractivity contribution in [1.82, 2.24) is 4.90 Å². The van der Waals surface area contributed by atoms with Gasteiger partial charge in [-0.2, -0.15) is 0 Å². The minimum atomic E-state index is -0.162. The summed E-state index contributed by atoms with van der Waals surface area (Å²) in [6.45, 7) is 8.48. The zero-order valence-electron chi connectivity index (χ0n) is 12.3. The van der Waals surface area contributed by atoms with Crippen LogP contribution in [0.25, 0.3) is 0 Å². The SMILES string of the molecule is CCOC(=O)C[C@@H]1CN(CC)C2(C)CCC(=O)C1C2. The average Bonchev–Trinajstić information content (AvgIpc) is 2.37. The number of ether oxygens (including phenoxy) is 1. The van der Waals surface area contributed by atoms with Gasteiger partial charge in [-0.15, -0.1) is 0 Å². The summed E-state index contributed by atoms with van der Waals surface area (Å²) in [5.41, 5.74) is 0.151. The van der Waals surface area contributed by atoms with Crippen molar-refractivity contribution in [3.63, 3.8) is 0 Å². The van der Waals surface area contributed by atoms with E-state index < -0.39 is 0 Å². The first kappa shape index (κ1) is 14.5. The third-order valence-electron chi connectivity index (χ3n) is 4.89. The molecule has 0 amide bonds. The van der Waals surface area contributed by atoms with Gasteiger partial charge in [0.25, 0.3) is 0 Å². The largest absolute Gasteiger partial charge is 0.466 e. The maximum absolute atomic E-state index is 12.1. The Hall–Kier alpha value is -0.900. The Kier molecular flexibility index (Phi) is 4.29. The van der Waals surface area contributed by atoms with E-state index in [0.717, 1.165) is 25.9 Å². The molecule has 2 fully saturated rings. The van der Waals surface area contributed by atoms with Crippen LogP contribution in [0.1, 0.15) is 46.5 Å². The van der Waals surface area contributed by atoms with Crippen molar-refractivity contribution >= 4 is 11.8 Å². The number of piperidine rings is 1. The molecule has 2 unspecified atom stereocenters. The molecule has 1 saturated carbocycles. The summed E-state index contributed by atoms with van der Waals surface area (Å²) in [7, 11) is 0. The number of Topliss-reactive ketones (excluding diaryl/α,β-unsaturated/α-hetero) is 1. The van der Waals surface area contributed by atoms with Crippen molar-refractivity contribution in [3.8, 4) is 0 Å². The first-order valence-electron chi connectivity index (χ1n) is 7.43. The van der Waals surface area contributed by atoms with E-state index in [1.807, 2.05) is 6.92 Å². The summed E-state index contributed by atoms with van der Waals surface area (Å²) in [5.74, 6) is 0.388. The molecule has 0 aromatic rings. The van der Waals surface area contributed by atoms with Crippen LogP contribution in [0.2, 0.25) is 0 Å². The molecule has 4 heteroatoms. The fourth-order valence-electron chi connectivity index (χ4n) is 3.77. The van der Waals surface area contributed by atoms with Crippen LogP contribution in [0.5, 0.6) is 0 Å². The van der Waals surface area contributed by atoms with Crippen molar-refractivity contribution in [1.29, 1.82) is 0 Å². The van der Waals surface area contributed by atoms with Gasteiger partial charge >= 0.3 is 5.97 Å². The Morgan fingerprint density at radius 2 is 2.21 bits per heavy atom. The number of fused-ring (bicyclic) bond motifs is 2. The topological polar surface area (TPSA) is 46.6 Å². The van der Waals surface area contributed by atoms with Gasteiger partial charge in [-0.3, -0.25) is 14.5 Å². The van der Waals surface area contributed by atoms with E-state index in [0.29, 0.717) is 25.2 Å². The summed E-state index contributed by atoms with van der Waals surface area (Å²) in [5, 5.41) is 0. The van der Waals surface area contributed by atoms with Gasteiger partial charge in [0.1, 0.15) is 5.78 Å². The number of hydrogen-bond donors (Lipinski definition) is 0. The van der Waals surface area contributed by atoms with Crippen molar-refractivity contribution in [3.05, 3.63) is 0 Å². The summed E-state index contributed by atoms with van der Waals surface area (Å²) in [6.07, 6.45) is 2.92. The summed E-state index contributed by atoms with van der Waals surface area (Å²) < 4.78 is 5.04. The number of ketones is 1. The molecule has 1 aliphatic heterocycles. The molecule has 3 atom stereocenters. The smallest absolute Gasteiger partial charge is 0.306 e. The molecule has 0 radical (unpaired) electrons. The number of hydrogen-bond acceptors (Lipinski definition) is 4. The van der Waals surface area contributed by atoms with Crippen LogP contribution in [0.15, 0.2) is 0 Å². The molecular weight excluding hydrogens is 242 g/mol. The fraction of sp³-hybridized carbons (Fsp3) is 0.867. The molecule has 0 aromatic carbocycles. The highest BCUT2D eigenvalue weighted by Gasteiger charge is 2.48. The summed E-state index contributed by atoms with van der Waals surface area (Å²) >= 11 is 0. The van der Waals surface area contributed by atoms with Crippen molar-refractivity contribution < 1.29 is 14.3 Å². The number of likely N-dealkylation sites (tertiary alicyclic amines) is 1. The van der Waals surface area contributed by atoms with E-state index in [-0.39, 0.29) is 23.3 Å². The molecule has 2 bridgehead atoms. The minimum absolute atomic E-state index is 0.0611. The Labute approximate surface area is 115 Å². The van der Waals surface area contributed by atoms with Crippen LogP contribution < -0.4 is 0 Å². The monoisotopic (exact) mass is 267 g/mol. The van der Waals surface area contributed by atoms with E-state index in [1.54, 1.807) is 0 Å². The van der Waals surface area contributed by atoms with E-state index in [1.165, 1.54) is 0 Å². The Morgan fingerprint density at radius 3 is 2.84 bits per heavy atom. The van der Waals surface area contributed by atoms with Crippen molar-refractivity contribution in [2.75, 3.05) is 19.7 Å². The molecular formula is C15H25NO3. The second kappa shape index (κ2) is 5.61. The summed E-state index contributed by atoms with van der Waals surface area (Å²) in [6, 6.07) is 0. The Bertz CT molecular complexity index is 368. The predicted molar refractivity (Wildman–Crippen MR) is 72.7 cm³/mol. The average molecular weight is 267 g/mol. The highest BCUT2D eigenvalue weighted by Crippen LogP contribution is 2.44. The van der Waals surface area contributed by atoms with Crippen LogP contribution in [-0.4, -0.2) is 41.9 Å². The lowest BCUT2D eigenvalue weighted by Gasteiger charge is -2.53. The second-order valence-electron chi connectivity index (χ2n) is 6.08. The van der Waals surface area contributed by atoms with Gasteiger partial charge in [0.2, 0.25) is 0 Å². The van der Waals surface area contributed by atoms with Crippen molar-refractivity contribution in [2.24, 2.45) is 11.8 Å².